The van der Waals surface area contributed by atoms with Gasteiger partial charge in [-0.05, 0) is 54.5 Å². The van der Waals surface area contributed by atoms with E-state index >= 15 is 0 Å². The first-order chi connectivity index (χ1) is 25.6. The topological polar surface area (TPSA) is 255 Å². The van der Waals surface area contributed by atoms with Crippen LogP contribution in [0.3, 0.4) is 0 Å². The number of halogens is 1. The highest BCUT2D eigenvalue weighted by Gasteiger charge is 2.58. The maximum absolute atomic E-state index is 13.9. The first-order valence-corrected chi connectivity index (χ1v) is 18.5. The Morgan fingerprint density at radius 3 is 2.61 bits per heavy atom. The summed E-state index contributed by atoms with van der Waals surface area (Å²) in [5.41, 5.74) is 5.44. The van der Waals surface area contributed by atoms with Gasteiger partial charge in [-0.2, -0.15) is 0 Å². The van der Waals surface area contributed by atoms with Crippen LogP contribution in [0.15, 0.2) is 65.0 Å². The molecule has 5 rings (SSSR count). The number of hydrogen-bond donors (Lipinski definition) is 3. The third-order valence-corrected chi connectivity index (χ3v) is 10.4. The Morgan fingerprint density at radius 2 is 1.94 bits per heavy atom. The van der Waals surface area contributed by atoms with E-state index in [0.29, 0.717) is 21.2 Å². The summed E-state index contributed by atoms with van der Waals surface area (Å²) in [6, 6.07) is 8.74. The lowest BCUT2D eigenvalue weighted by atomic mass is 9.99. The number of tetrazole rings is 1. The monoisotopic (exact) mass is 803 g/mol. The van der Waals surface area contributed by atoms with Gasteiger partial charge in [0.25, 0.3) is 17.7 Å². The molecule has 2 aliphatic rings. The van der Waals surface area contributed by atoms with Crippen LogP contribution in [0.1, 0.15) is 32.4 Å². The summed E-state index contributed by atoms with van der Waals surface area (Å²) in [5.74, 6) is -4.43. The molecule has 0 radical (unpaired) electrons. The summed E-state index contributed by atoms with van der Waals surface area (Å²) < 4.78 is 12.1. The molecular formula is C32H34ClN9O10S2. The maximum Gasteiger partial charge on any atom is 0.407 e. The first-order valence-electron chi connectivity index (χ1n) is 16.1. The molecule has 0 spiro atoms. The van der Waals surface area contributed by atoms with Gasteiger partial charge in [0.15, 0.2) is 12.4 Å². The van der Waals surface area contributed by atoms with Crippen LogP contribution in [0, 0.1) is 10.1 Å². The number of amides is 4. The molecule has 286 valence electrons. The van der Waals surface area contributed by atoms with Crippen molar-refractivity contribution in [3.63, 3.8) is 0 Å². The molecule has 1 saturated heterocycles. The lowest BCUT2D eigenvalue weighted by Crippen LogP contribution is -2.73. The number of rotatable bonds is 14. The third-order valence-electron chi connectivity index (χ3n) is 7.77. The molecule has 22 heteroatoms. The number of nitrogens with two attached hydrogens (primary N) is 1. The Labute approximate surface area is 320 Å². The van der Waals surface area contributed by atoms with E-state index in [1.165, 1.54) is 16.8 Å². The summed E-state index contributed by atoms with van der Waals surface area (Å²) in [4.78, 5) is 78.7. The number of aromatic nitrogens is 4. The van der Waals surface area contributed by atoms with Gasteiger partial charge in [0.1, 0.15) is 28.8 Å². The molecule has 1 aromatic heterocycles. The molecule has 19 nitrogen and oxygen atoms in total. The van der Waals surface area contributed by atoms with Gasteiger partial charge in [0, 0.05) is 29.1 Å². The van der Waals surface area contributed by atoms with Crippen molar-refractivity contribution >= 4 is 70.6 Å². The molecule has 3 heterocycles. The molecular weight excluding hydrogens is 770 g/mol. The van der Waals surface area contributed by atoms with Gasteiger partial charge < -0.3 is 25.6 Å². The van der Waals surface area contributed by atoms with Gasteiger partial charge in [-0.1, -0.05) is 53.7 Å². The fourth-order valence-corrected chi connectivity index (χ4v) is 7.98. The molecule has 1 fully saturated rings. The minimum Gasteiger partial charge on any atom is -0.477 e. The largest absolute Gasteiger partial charge is 0.477 e. The zero-order valence-electron chi connectivity index (χ0n) is 28.9. The normalized spacial score (nSPS) is 17.2. The van der Waals surface area contributed by atoms with E-state index in [1.807, 2.05) is 0 Å². The number of thioether (sulfide) groups is 2. The molecule has 54 heavy (non-hydrogen) atoms. The predicted molar refractivity (Wildman–Crippen MR) is 193 cm³/mol. The van der Waals surface area contributed by atoms with Crippen molar-refractivity contribution in [2.24, 2.45) is 5.73 Å². The number of aliphatic carboxylic acids is 1. The standard InChI is InChI=1S/C32H34ClN9O10S2/c1-32(2,3)52-31(48)35-11-12-39-30(36-37-38-39)54-16-18-15-53-28-25(27(45)41(28)24(18)29(46)47)40(26(44)23(34)17-7-5-4-6-8-17)22(43)14-51-21-10-9-19(33)13-20(21)42(49)50/h4-10,13,23,25,28H,11-12,14-16,34H2,1-3H3,(H,35,48)(H,46,47)/t23-,25?,28-/m1/s1. The number of nitro benzene ring substituents is 1. The van der Waals surface area contributed by atoms with Crippen LogP contribution >= 0.6 is 35.1 Å². The zero-order chi connectivity index (χ0) is 39.3. The summed E-state index contributed by atoms with van der Waals surface area (Å²) in [5, 5.41) is 35.4. The van der Waals surface area contributed by atoms with Gasteiger partial charge in [-0.15, -0.1) is 16.9 Å². The summed E-state index contributed by atoms with van der Waals surface area (Å²) in [7, 11) is 0. The average molecular weight is 804 g/mol. The van der Waals surface area contributed by atoms with Gasteiger partial charge >= 0.3 is 17.7 Å². The number of nitrogens with zero attached hydrogens (tertiary/aromatic N) is 7. The highest BCUT2D eigenvalue weighted by atomic mass is 35.5. The van der Waals surface area contributed by atoms with Crippen LogP contribution in [0.25, 0.3) is 0 Å². The molecule has 0 saturated carbocycles. The van der Waals surface area contributed by atoms with Crippen LogP contribution in [-0.4, -0.2) is 111 Å². The highest BCUT2D eigenvalue weighted by molar-refractivity contribution is 8.01. The number of nitrogens with one attached hydrogen (secondary N) is 1. The average Bonchev–Trinajstić information content (AvgIpc) is 3.57. The van der Waals surface area contributed by atoms with Gasteiger partial charge in [-0.25, -0.2) is 14.3 Å². The second-order valence-electron chi connectivity index (χ2n) is 12.7. The van der Waals surface area contributed by atoms with Crippen molar-refractivity contribution in [2.45, 2.75) is 55.5 Å². The number of β-lactam (4-membered cyclic amide) rings is 1. The third kappa shape index (κ3) is 9.09. The van der Waals surface area contributed by atoms with Crippen molar-refractivity contribution in [3.05, 3.63) is 80.5 Å². The summed E-state index contributed by atoms with van der Waals surface area (Å²) in [6.45, 7) is 4.62. The second kappa shape index (κ2) is 16.8. The van der Waals surface area contributed by atoms with Gasteiger partial charge in [0.2, 0.25) is 5.16 Å². The SMILES string of the molecule is CC(C)(C)OC(=O)NCCn1nnnc1SCC1=C(C(=O)O)N2C(=O)C(N(C(=O)COc3ccc(Cl)cc3[N+](=O)[O-])C(=O)[C@H](N)c3ccccc3)[C@H]2SC1. The van der Waals surface area contributed by atoms with Crippen LogP contribution in [0.4, 0.5) is 10.5 Å². The fourth-order valence-electron chi connectivity index (χ4n) is 5.38. The zero-order valence-corrected chi connectivity index (χ0v) is 31.3. The van der Waals surface area contributed by atoms with Crippen LogP contribution < -0.4 is 15.8 Å². The minimum absolute atomic E-state index is 0.0479. The highest BCUT2D eigenvalue weighted by Crippen LogP contribution is 2.44. The van der Waals surface area contributed by atoms with Crippen LogP contribution in [0.2, 0.25) is 5.02 Å². The van der Waals surface area contributed by atoms with Crippen molar-refractivity contribution in [2.75, 3.05) is 24.7 Å². The fraction of sp³-hybridized carbons (Fsp3) is 0.375. The Hall–Kier alpha value is -5.25. The van der Waals surface area contributed by atoms with E-state index in [-0.39, 0.29) is 41.1 Å². The number of carbonyl (C=O) groups excluding carboxylic acids is 4. The molecule has 0 bridgehead atoms. The second-order valence-corrected chi connectivity index (χ2v) is 15.1. The summed E-state index contributed by atoms with van der Waals surface area (Å²) >= 11 is 8.12. The van der Waals surface area contributed by atoms with Crippen LogP contribution in [0.5, 0.6) is 5.75 Å². The van der Waals surface area contributed by atoms with Crippen LogP contribution in [-0.2, 0) is 30.5 Å². The lowest BCUT2D eigenvalue weighted by molar-refractivity contribution is -0.385. The Balaban J connectivity index is 1.34. The summed E-state index contributed by atoms with van der Waals surface area (Å²) in [6.07, 6.45) is -0.616. The van der Waals surface area contributed by atoms with Gasteiger partial charge in [0.05, 0.1) is 11.5 Å². The molecule has 0 aliphatic carbocycles. The van der Waals surface area contributed by atoms with E-state index in [2.05, 4.69) is 20.8 Å². The first kappa shape index (κ1) is 39.9. The van der Waals surface area contributed by atoms with E-state index in [1.54, 1.807) is 51.1 Å². The number of hydrogen-bond acceptors (Lipinski definition) is 15. The molecule has 2 aliphatic heterocycles. The number of carboxylic acids is 1. The quantitative estimate of drug-likeness (QED) is 0.0916. The predicted octanol–water partition coefficient (Wildman–Crippen LogP) is 2.61. The Bertz CT molecular complexity index is 1990. The molecule has 1 unspecified atom stereocenters. The minimum atomic E-state index is -1.47. The van der Waals surface area contributed by atoms with Gasteiger partial charge in [-0.3, -0.25) is 34.3 Å². The molecule has 4 N–H and O–H groups in total. The molecule has 4 amide bonds. The molecule has 3 atom stereocenters. The molecule has 2 aromatic carbocycles. The van der Waals surface area contributed by atoms with E-state index < -0.39 is 70.1 Å². The number of fused-ring (bicyclic) bond motifs is 1. The van der Waals surface area contributed by atoms with E-state index in [4.69, 9.17) is 26.8 Å². The van der Waals surface area contributed by atoms with Crippen molar-refractivity contribution < 1.29 is 43.5 Å². The van der Waals surface area contributed by atoms with Crippen molar-refractivity contribution in [1.82, 2.24) is 35.3 Å². The van der Waals surface area contributed by atoms with Crippen molar-refractivity contribution in [1.29, 1.82) is 0 Å². The molecule has 3 aromatic rings. The number of alkyl carbamates (subject to hydrolysis) is 1. The number of carboxylic acid groups (broad SMARTS) is 1. The smallest absolute Gasteiger partial charge is 0.407 e. The number of imide groups is 1. The lowest BCUT2D eigenvalue weighted by Gasteiger charge is -2.52. The maximum atomic E-state index is 13.9. The Morgan fingerprint density at radius 1 is 1.22 bits per heavy atom. The number of ether oxygens (including phenoxy) is 2. The number of carbonyl (C=O) groups is 5. The van der Waals surface area contributed by atoms with Crippen molar-refractivity contribution in [3.8, 4) is 5.75 Å². The number of benzene rings is 2. The number of nitro groups is 1. The van der Waals surface area contributed by atoms with E-state index in [9.17, 15) is 39.2 Å². The van der Waals surface area contributed by atoms with E-state index in [0.717, 1.165) is 34.5 Å². The Kier molecular flexibility index (Phi) is 12.4.